The summed E-state index contributed by atoms with van der Waals surface area (Å²) in [6, 6.07) is 3.27. The Morgan fingerprint density at radius 3 is 2.86 bits per heavy atom. The van der Waals surface area contributed by atoms with E-state index in [4.69, 9.17) is 9.47 Å². The molecule has 3 heterocycles. The van der Waals surface area contributed by atoms with Crippen molar-refractivity contribution >= 4 is 11.6 Å². The molecule has 1 aromatic heterocycles. The summed E-state index contributed by atoms with van der Waals surface area (Å²) in [5.41, 5.74) is -0.349. The molecule has 0 saturated carbocycles. The first-order valence-corrected chi connectivity index (χ1v) is 9.06. The smallest absolute Gasteiger partial charge is 0.381 e. The summed E-state index contributed by atoms with van der Waals surface area (Å²) >= 11 is 0. The normalized spacial score (nSPS) is 24.8. The van der Waals surface area contributed by atoms with Gasteiger partial charge in [0.15, 0.2) is 0 Å². The number of carbonyl (C=O) groups is 1. The summed E-state index contributed by atoms with van der Waals surface area (Å²) in [5, 5.41) is 2.66. The molecule has 1 aromatic carbocycles. The molecule has 4 rings (SSSR count). The molecule has 9 heteroatoms. The van der Waals surface area contributed by atoms with Crippen LogP contribution >= 0.6 is 0 Å². The third-order valence-electron chi connectivity index (χ3n) is 5.34. The van der Waals surface area contributed by atoms with E-state index in [9.17, 15) is 18.0 Å². The molecule has 3 unspecified atom stereocenters. The van der Waals surface area contributed by atoms with Crippen molar-refractivity contribution in [3.63, 3.8) is 0 Å². The number of anilines is 1. The Labute approximate surface area is 159 Å². The van der Waals surface area contributed by atoms with Crippen LogP contribution in [0.1, 0.15) is 17.8 Å². The van der Waals surface area contributed by atoms with E-state index in [1.165, 1.54) is 6.07 Å². The lowest BCUT2D eigenvalue weighted by Gasteiger charge is -2.27. The molecule has 2 saturated heterocycles. The Bertz CT molecular complexity index is 881. The summed E-state index contributed by atoms with van der Waals surface area (Å²) in [6.07, 6.45) is -1.34. The van der Waals surface area contributed by atoms with E-state index in [0.717, 1.165) is 12.1 Å². The molecule has 1 N–H and O–H groups in total. The zero-order chi connectivity index (χ0) is 19.9. The van der Waals surface area contributed by atoms with Gasteiger partial charge >= 0.3 is 6.18 Å². The van der Waals surface area contributed by atoms with Crippen LogP contribution in [0.3, 0.4) is 0 Å². The quantitative estimate of drug-likeness (QED) is 0.867. The number of ether oxygens (including phenoxy) is 2. The molecule has 6 nitrogen and oxygen atoms in total. The van der Waals surface area contributed by atoms with Crippen molar-refractivity contribution in [3.05, 3.63) is 42.0 Å². The number of aryl methyl sites for hydroxylation is 1. The van der Waals surface area contributed by atoms with Crippen LogP contribution in [0.15, 0.2) is 30.6 Å². The number of hydrogen-bond acceptors (Lipinski definition) is 4. The van der Waals surface area contributed by atoms with Crippen molar-refractivity contribution in [1.82, 2.24) is 9.55 Å². The van der Waals surface area contributed by atoms with E-state index in [0.29, 0.717) is 37.8 Å². The molecule has 0 bridgehead atoms. The Kier molecular flexibility index (Phi) is 4.88. The Morgan fingerprint density at radius 1 is 1.32 bits per heavy atom. The van der Waals surface area contributed by atoms with Crippen molar-refractivity contribution in [2.45, 2.75) is 25.6 Å². The van der Waals surface area contributed by atoms with Crippen molar-refractivity contribution in [3.8, 4) is 5.69 Å². The van der Waals surface area contributed by atoms with Gasteiger partial charge < -0.3 is 19.4 Å². The van der Waals surface area contributed by atoms with Gasteiger partial charge in [0.05, 0.1) is 30.2 Å². The SMILES string of the molecule is Cc1nccn1-c1ccc(C(F)(F)F)cc1NC(=O)C1OCC2COCCC21. The Balaban J connectivity index is 1.65. The second kappa shape index (κ2) is 7.21. The van der Waals surface area contributed by atoms with Crippen molar-refractivity contribution < 1.29 is 27.4 Å². The molecule has 2 fully saturated rings. The average molecular weight is 395 g/mol. The molecule has 2 aliphatic rings. The predicted molar refractivity (Wildman–Crippen MR) is 94.1 cm³/mol. The van der Waals surface area contributed by atoms with Gasteiger partial charge in [0.25, 0.3) is 5.91 Å². The maximum atomic E-state index is 13.2. The lowest BCUT2D eigenvalue weighted by Crippen LogP contribution is -2.37. The molecule has 150 valence electrons. The number of aromatic nitrogens is 2. The Hall–Kier alpha value is -2.39. The predicted octanol–water partition coefficient (Wildman–Crippen LogP) is 3.19. The lowest BCUT2D eigenvalue weighted by molar-refractivity contribution is -0.137. The number of benzene rings is 1. The van der Waals surface area contributed by atoms with Crippen LogP contribution < -0.4 is 5.32 Å². The number of halogens is 3. The van der Waals surface area contributed by atoms with E-state index in [1.807, 2.05) is 0 Å². The van der Waals surface area contributed by atoms with Gasteiger partial charge in [-0.3, -0.25) is 4.79 Å². The molecular formula is C19H20F3N3O3. The number of carbonyl (C=O) groups excluding carboxylic acids is 1. The number of imidazole rings is 1. The number of rotatable bonds is 3. The number of hydrogen-bond donors (Lipinski definition) is 1. The average Bonchev–Trinajstić information content (AvgIpc) is 3.27. The highest BCUT2D eigenvalue weighted by Crippen LogP contribution is 2.36. The second-order valence-electron chi connectivity index (χ2n) is 7.10. The summed E-state index contributed by atoms with van der Waals surface area (Å²) in [7, 11) is 0. The minimum atomic E-state index is -4.52. The topological polar surface area (TPSA) is 65.4 Å². The molecule has 2 aromatic rings. The maximum Gasteiger partial charge on any atom is 0.416 e. The number of amides is 1. The van der Waals surface area contributed by atoms with Gasteiger partial charge in [0, 0.05) is 30.8 Å². The largest absolute Gasteiger partial charge is 0.416 e. The van der Waals surface area contributed by atoms with E-state index < -0.39 is 23.8 Å². The van der Waals surface area contributed by atoms with E-state index in [2.05, 4.69) is 10.3 Å². The number of fused-ring (bicyclic) bond motifs is 1. The van der Waals surface area contributed by atoms with Gasteiger partial charge in [0.2, 0.25) is 0 Å². The van der Waals surface area contributed by atoms with Gasteiger partial charge in [-0.05, 0) is 31.5 Å². The number of nitrogens with zero attached hydrogens (tertiary/aromatic N) is 2. The first kappa shape index (κ1) is 18.9. The van der Waals surface area contributed by atoms with Gasteiger partial charge in [-0.25, -0.2) is 4.98 Å². The Morgan fingerprint density at radius 2 is 2.14 bits per heavy atom. The van der Waals surface area contributed by atoms with Crippen molar-refractivity contribution in [2.24, 2.45) is 11.8 Å². The van der Waals surface area contributed by atoms with E-state index >= 15 is 0 Å². The van der Waals surface area contributed by atoms with Gasteiger partial charge in [-0.15, -0.1) is 0 Å². The van der Waals surface area contributed by atoms with Crippen LogP contribution in [0.2, 0.25) is 0 Å². The first-order chi connectivity index (χ1) is 13.3. The number of nitrogens with one attached hydrogen (secondary N) is 1. The van der Waals surface area contributed by atoms with Crippen molar-refractivity contribution in [1.29, 1.82) is 0 Å². The van der Waals surface area contributed by atoms with Gasteiger partial charge in [-0.1, -0.05) is 0 Å². The number of alkyl halides is 3. The monoisotopic (exact) mass is 395 g/mol. The molecule has 2 aliphatic heterocycles. The summed E-state index contributed by atoms with van der Waals surface area (Å²) < 4.78 is 52.3. The van der Waals surface area contributed by atoms with Crippen LogP contribution in [-0.4, -0.2) is 41.4 Å². The van der Waals surface area contributed by atoms with E-state index in [-0.39, 0.29) is 17.5 Å². The van der Waals surface area contributed by atoms with Crippen LogP contribution in [0.4, 0.5) is 18.9 Å². The maximum absolute atomic E-state index is 13.2. The standard InChI is InChI=1S/C19H20F3N3O3/c1-11-23-5-6-25(11)16-3-2-13(19(20,21)22)8-15(16)24-18(26)17-14-4-7-27-9-12(14)10-28-17/h2-3,5-6,8,12,14,17H,4,7,9-10H2,1H3,(H,24,26). The highest BCUT2D eigenvalue weighted by molar-refractivity contribution is 5.96. The second-order valence-corrected chi connectivity index (χ2v) is 7.10. The minimum Gasteiger partial charge on any atom is -0.381 e. The first-order valence-electron chi connectivity index (χ1n) is 9.06. The molecule has 0 aliphatic carbocycles. The minimum absolute atomic E-state index is 0.0120. The fourth-order valence-corrected chi connectivity index (χ4v) is 3.86. The zero-order valence-corrected chi connectivity index (χ0v) is 15.2. The third kappa shape index (κ3) is 3.51. The van der Waals surface area contributed by atoms with Crippen molar-refractivity contribution in [2.75, 3.05) is 25.1 Å². The molecule has 0 radical (unpaired) electrons. The van der Waals surface area contributed by atoms with Gasteiger partial charge in [-0.2, -0.15) is 13.2 Å². The molecular weight excluding hydrogens is 375 g/mol. The van der Waals surface area contributed by atoms with Gasteiger partial charge in [0.1, 0.15) is 11.9 Å². The molecule has 0 spiro atoms. The molecule has 3 atom stereocenters. The van der Waals surface area contributed by atoms with Crippen LogP contribution in [0.25, 0.3) is 5.69 Å². The summed E-state index contributed by atoms with van der Waals surface area (Å²) in [4.78, 5) is 17.0. The fourth-order valence-electron chi connectivity index (χ4n) is 3.86. The lowest BCUT2D eigenvalue weighted by atomic mass is 9.86. The van der Waals surface area contributed by atoms with E-state index in [1.54, 1.807) is 23.9 Å². The fraction of sp³-hybridized carbons (Fsp3) is 0.474. The summed E-state index contributed by atoms with van der Waals surface area (Å²) in [5.74, 6) is 0.309. The van der Waals surface area contributed by atoms with Crippen LogP contribution in [-0.2, 0) is 20.4 Å². The van der Waals surface area contributed by atoms with Crippen LogP contribution in [0, 0.1) is 18.8 Å². The molecule has 1 amide bonds. The highest BCUT2D eigenvalue weighted by Gasteiger charge is 2.43. The zero-order valence-electron chi connectivity index (χ0n) is 15.2. The third-order valence-corrected chi connectivity index (χ3v) is 5.34. The molecule has 28 heavy (non-hydrogen) atoms. The highest BCUT2D eigenvalue weighted by atomic mass is 19.4. The van der Waals surface area contributed by atoms with Crippen LogP contribution in [0.5, 0.6) is 0 Å². The summed E-state index contributed by atoms with van der Waals surface area (Å²) in [6.45, 7) is 3.24.